The van der Waals surface area contributed by atoms with E-state index >= 15 is 0 Å². The third-order valence-electron chi connectivity index (χ3n) is 9.33. The number of hydrogen-bond donors (Lipinski definition) is 1. The highest BCUT2D eigenvalue weighted by Crippen LogP contribution is 2.61. The van der Waals surface area contributed by atoms with Crippen LogP contribution in [0.2, 0.25) is 0 Å². The Bertz CT molecular complexity index is 1610. The van der Waals surface area contributed by atoms with E-state index in [2.05, 4.69) is 53.5 Å². The second kappa shape index (κ2) is 11.5. The van der Waals surface area contributed by atoms with Crippen molar-refractivity contribution in [1.29, 1.82) is 0 Å². The van der Waals surface area contributed by atoms with Crippen LogP contribution in [-0.4, -0.2) is 38.5 Å². The smallest absolute Gasteiger partial charge is 0.354 e. The molecule has 4 unspecified atom stereocenters. The Hall–Kier alpha value is -3.17. The van der Waals surface area contributed by atoms with Crippen LogP contribution in [0.4, 0.5) is 5.69 Å². The molecule has 0 aromatic heterocycles. The summed E-state index contributed by atoms with van der Waals surface area (Å²) in [6, 6.07) is 25.4. The summed E-state index contributed by atoms with van der Waals surface area (Å²) in [5.41, 5.74) is 5.40. The number of rotatable bonds is 9. The number of benzene rings is 3. The standard InChI is InChI=1S/C33H35ClN2O5S/c1-22-14-16-25(17-15-22)42(38,39)40-20-8-11-26-23(2)29(32(37)41-34)30-33(27-12-6-7-13-28(27)35-30)18-19-36(31(26)33)21-24-9-4-3-5-10-24/h3-7,9-10,12-17,23,26,31,35H,8,11,18-21H2,1-2H3. The summed E-state index contributed by atoms with van der Waals surface area (Å²) in [4.78, 5) is 15.9. The van der Waals surface area contributed by atoms with E-state index < -0.39 is 21.5 Å². The van der Waals surface area contributed by atoms with Gasteiger partial charge in [0.25, 0.3) is 10.1 Å². The predicted molar refractivity (Wildman–Crippen MR) is 162 cm³/mol. The molecule has 0 saturated carbocycles. The largest absolute Gasteiger partial charge is 0.357 e. The Morgan fingerprint density at radius 2 is 1.76 bits per heavy atom. The van der Waals surface area contributed by atoms with E-state index in [1.165, 1.54) is 11.1 Å². The molecule has 1 spiro atoms. The van der Waals surface area contributed by atoms with Gasteiger partial charge < -0.3 is 9.61 Å². The zero-order valence-electron chi connectivity index (χ0n) is 23.8. The van der Waals surface area contributed by atoms with E-state index in [-0.39, 0.29) is 29.4 Å². The second-order valence-corrected chi connectivity index (χ2v) is 13.4. The molecule has 9 heteroatoms. The molecule has 7 nitrogen and oxygen atoms in total. The second-order valence-electron chi connectivity index (χ2n) is 11.6. The topological polar surface area (TPSA) is 84.9 Å². The number of para-hydroxylation sites is 1. The van der Waals surface area contributed by atoms with Crippen LogP contribution in [0.25, 0.3) is 0 Å². The first-order valence-corrected chi connectivity index (χ1v) is 16.2. The zero-order valence-corrected chi connectivity index (χ0v) is 25.3. The first-order valence-electron chi connectivity index (χ1n) is 14.4. The molecule has 0 amide bonds. The van der Waals surface area contributed by atoms with Gasteiger partial charge in [0, 0.05) is 30.5 Å². The molecule has 0 radical (unpaired) electrons. The van der Waals surface area contributed by atoms with Crippen LogP contribution in [0.1, 0.15) is 42.9 Å². The van der Waals surface area contributed by atoms with Crippen LogP contribution in [0.5, 0.6) is 0 Å². The van der Waals surface area contributed by atoms with Crippen molar-refractivity contribution in [2.75, 3.05) is 18.5 Å². The van der Waals surface area contributed by atoms with Crippen molar-refractivity contribution in [2.45, 2.75) is 56.0 Å². The molecule has 0 bridgehead atoms. The Morgan fingerprint density at radius 1 is 1.05 bits per heavy atom. The molecule has 1 N–H and O–H groups in total. The van der Waals surface area contributed by atoms with E-state index in [0.717, 1.165) is 36.5 Å². The molecule has 1 aliphatic carbocycles. The van der Waals surface area contributed by atoms with Crippen LogP contribution in [0, 0.1) is 18.8 Å². The lowest BCUT2D eigenvalue weighted by molar-refractivity contribution is -0.131. The van der Waals surface area contributed by atoms with Crippen molar-refractivity contribution < 1.29 is 21.7 Å². The predicted octanol–water partition coefficient (Wildman–Crippen LogP) is 6.34. The maximum Gasteiger partial charge on any atom is 0.354 e. The number of halogens is 1. The van der Waals surface area contributed by atoms with E-state index in [1.54, 1.807) is 24.3 Å². The Kier molecular flexibility index (Phi) is 7.91. The average Bonchev–Trinajstić information content (AvgIpc) is 3.53. The molecular formula is C33H35ClN2O5S. The number of anilines is 1. The quantitative estimate of drug-likeness (QED) is 0.225. The maximum absolute atomic E-state index is 13.2. The number of carbonyl (C=O) groups excluding carboxylic acids is 1. The van der Waals surface area contributed by atoms with Gasteiger partial charge in [-0.3, -0.25) is 9.08 Å². The fraction of sp³-hybridized carbons (Fsp3) is 0.364. The third kappa shape index (κ3) is 4.94. The van der Waals surface area contributed by atoms with Gasteiger partial charge in [-0.1, -0.05) is 73.2 Å². The molecule has 3 aliphatic rings. The Balaban J connectivity index is 1.34. The Labute approximate surface area is 252 Å². The van der Waals surface area contributed by atoms with Gasteiger partial charge in [0.15, 0.2) is 0 Å². The number of hydrogen-bond acceptors (Lipinski definition) is 7. The van der Waals surface area contributed by atoms with E-state index in [4.69, 9.17) is 20.3 Å². The maximum atomic E-state index is 13.2. The van der Waals surface area contributed by atoms with E-state index in [1.807, 2.05) is 25.1 Å². The van der Waals surface area contributed by atoms with Gasteiger partial charge in [0.2, 0.25) is 0 Å². The lowest BCUT2D eigenvalue weighted by atomic mass is 9.59. The molecular weight excluding hydrogens is 572 g/mol. The van der Waals surface area contributed by atoms with Crippen LogP contribution < -0.4 is 5.32 Å². The fourth-order valence-corrected chi connectivity index (χ4v) is 8.53. The molecule has 42 heavy (non-hydrogen) atoms. The Morgan fingerprint density at radius 3 is 2.50 bits per heavy atom. The van der Waals surface area contributed by atoms with E-state index in [0.29, 0.717) is 18.4 Å². The molecule has 4 atom stereocenters. The highest BCUT2D eigenvalue weighted by Gasteiger charge is 2.62. The summed E-state index contributed by atoms with van der Waals surface area (Å²) < 4.78 is 36.0. The van der Waals surface area contributed by atoms with Crippen LogP contribution in [-0.2, 0) is 35.3 Å². The first-order chi connectivity index (χ1) is 20.3. The highest BCUT2D eigenvalue weighted by atomic mass is 35.5. The summed E-state index contributed by atoms with van der Waals surface area (Å²) >= 11 is 5.71. The van der Waals surface area contributed by atoms with Crippen LogP contribution in [0.15, 0.2) is 95.0 Å². The summed E-state index contributed by atoms with van der Waals surface area (Å²) in [5.74, 6) is -0.706. The summed E-state index contributed by atoms with van der Waals surface area (Å²) in [6.45, 7) is 5.64. The number of fused-ring (bicyclic) bond motifs is 1. The molecule has 6 rings (SSSR count). The van der Waals surface area contributed by atoms with Crippen LogP contribution >= 0.6 is 11.9 Å². The van der Waals surface area contributed by atoms with Crippen molar-refractivity contribution in [3.8, 4) is 0 Å². The fourth-order valence-electron chi connectivity index (χ4n) is 7.50. The van der Waals surface area contributed by atoms with Crippen LogP contribution in [0.3, 0.4) is 0 Å². The summed E-state index contributed by atoms with van der Waals surface area (Å²) in [5, 5.41) is 3.60. The zero-order chi connectivity index (χ0) is 29.5. The molecule has 3 aromatic carbocycles. The summed E-state index contributed by atoms with van der Waals surface area (Å²) in [6.07, 6.45) is 2.01. The minimum Gasteiger partial charge on any atom is -0.357 e. The van der Waals surface area contributed by atoms with Gasteiger partial charge in [0.1, 0.15) is 11.9 Å². The van der Waals surface area contributed by atoms with Crippen molar-refractivity contribution in [3.63, 3.8) is 0 Å². The molecule has 2 aliphatic heterocycles. The van der Waals surface area contributed by atoms with Crippen molar-refractivity contribution in [1.82, 2.24) is 4.90 Å². The number of likely N-dealkylation sites (tertiary alicyclic amines) is 1. The van der Waals surface area contributed by atoms with E-state index in [9.17, 15) is 13.2 Å². The van der Waals surface area contributed by atoms with Crippen molar-refractivity contribution >= 4 is 33.6 Å². The SMILES string of the molecule is Cc1ccc(S(=O)(=O)OCCCC2C(C)C(C(=O)OCl)=C3Nc4ccccc4C34CCN(Cc3ccccc3)C24)cc1. The lowest BCUT2D eigenvalue weighted by Gasteiger charge is -2.48. The highest BCUT2D eigenvalue weighted by molar-refractivity contribution is 7.86. The third-order valence-corrected chi connectivity index (χ3v) is 10.8. The van der Waals surface area contributed by atoms with Gasteiger partial charge in [-0.25, -0.2) is 4.79 Å². The minimum absolute atomic E-state index is 0.0179. The normalized spacial score (nSPS) is 25.0. The minimum atomic E-state index is -3.87. The molecule has 1 saturated heterocycles. The van der Waals surface area contributed by atoms with Gasteiger partial charge >= 0.3 is 5.97 Å². The van der Waals surface area contributed by atoms with Gasteiger partial charge in [-0.2, -0.15) is 8.42 Å². The molecule has 220 valence electrons. The molecule has 2 heterocycles. The van der Waals surface area contributed by atoms with Crippen molar-refractivity contribution in [2.24, 2.45) is 11.8 Å². The van der Waals surface area contributed by atoms with Gasteiger partial charge in [0.05, 0.1) is 22.5 Å². The molecule has 3 aromatic rings. The van der Waals surface area contributed by atoms with Gasteiger partial charge in [-0.15, -0.1) is 0 Å². The average molecular weight is 607 g/mol. The summed E-state index contributed by atoms with van der Waals surface area (Å²) in [7, 11) is -3.87. The van der Waals surface area contributed by atoms with Gasteiger partial charge in [-0.05, 0) is 67.3 Å². The lowest BCUT2D eigenvalue weighted by Crippen LogP contribution is -2.54. The monoisotopic (exact) mass is 606 g/mol. The number of nitrogens with one attached hydrogen (secondary N) is 1. The number of carbonyl (C=O) groups is 1. The number of nitrogens with zero attached hydrogens (tertiary/aromatic N) is 1. The van der Waals surface area contributed by atoms with Crippen molar-refractivity contribution in [3.05, 3.63) is 107 Å². The molecule has 1 fully saturated rings. The first kappa shape index (κ1) is 28.9. The number of aryl methyl sites for hydroxylation is 1.